The molecule has 3 aliphatic heterocycles. The fourth-order valence-corrected chi connectivity index (χ4v) is 4.98. The van der Waals surface area contributed by atoms with E-state index in [9.17, 15) is 9.59 Å². The molecule has 3 saturated heterocycles. The summed E-state index contributed by atoms with van der Waals surface area (Å²) in [6.45, 7) is 1.34. The molecule has 3 heterocycles. The van der Waals surface area contributed by atoms with Crippen LogP contribution in [0.25, 0.3) is 11.1 Å². The number of benzene rings is 3. The Balaban J connectivity index is 1.21. The highest BCUT2D eigenvalue weighted by atomic mass is 35.5. The molecule has 0 aliphatic carbocycles. The van der Waals surface area contributed by atoms with Crippen LogP contribution < -0.4 is 10.6 Å². The van der Waals surface area contributed by atoms with E-state index < -0.39 is 0 Å². The largest absolute Gasteiger partial charge is 0.345 e. The summed E-state index contributed by atoms with van der Waals surface area (Å²) in [7, 11) is 3.51. The monoisotopic (exact) mass is 474 g/mol. The van der Waals surface area contributed by atoms with E-state index in [-0.39, 0.29) is 24.0 Å². The highest BCUT2D eigenvalue weighted by Gasteiger charge is 2.48. The predicted molar refractivity (Wildman–Crippen MR) is 135 cm³/mol. The van der Waals surface area contributed by atoms with E-state index in [1.165, 1.54) is 5.56 Å². The molecular formula is C27H27ClN4O2. The minimum atomic E-state index is -0.0798. The zero-order valence-corrected chi connectivity index (χ0v) is 19.9. The number of carbonyl (C=O) groups excluding carboxylic acids is 2. The lowest BCUT2D eigenvalue weighted by Crippen LogP contribution is -2.72. The van der Waals surface area contributed by atoms with Gasteiger partial charge in [0.2, 0.25) is 0 Å². The number of hydrogen-bond acceptors (Lipinski definition) is 3. The van der Waals surface area contributed by atoms with Gasteiger partial charge in [-0.15, -0.1) is 0 Å². The molecule has 1 unspecified atom stereocenters. The number of piperidine rings is 1. The minimum absolute atomic E-state index is 0.00168. The van der Waals surface area contributed by atoms with Gasteiger partial charge in [0, 0.05) is 61.5 Å². The maximum absolute atomic E-state index is 12.7. The van der Waals surface area contributed by atoms with Crippen molar-refractivity contribution in [2.45, 2.75) is 18.0 Å². The summed E-state index contributed by atoms with van der Waals surface area (Å²) in [6.07, 6.45) is 0. The first-order valence-electron chi connectivity index (χ1n) is 11.4. The van der Waals surface area contributed by atoms with Gasteiger partial charge in [-0.1, -0.05) is 48.0 Å². The van der Waals surface area contributed by atoms with E-state index in [4.69, 9.17) is 11.6 Å². The number of nitrogens with zero attached hydrogens (tertiary/aromatic N) is 2. The van der Waals surface area contributed by atoms with Crippen molar-refractivity contribution < 1.29 is 9.59 Å². The molecule has 34 heavy (non-hydrogen) atoms. The van der Waals surface area contributed by atoms with Gasteiger partial charge >= 0.3 is 6.03 Å². The van der Waals surface area contributed by atoms with Crippen LogP contribution in [0.4, 0.5) is 10.5 Å². The van der Waals surface area contributed by atoms with Gasteiger partial charge in [-0.2, -0.15) is 0 Å². The Labute approximate surface area is 204 Å². The molecule has 174 valence electrons. The second kappa shape index (κ2) is 9.12. The molecule has 6 nitrogen and oxygen atoms in total. The third kappa shape index (κ3) is 4.39. The molecule has 0 aromatic heterocycles. The normalized spacial score (nSPS) is 20.9. The van der Waals surface area contributed by atoms with Crippen molar-refractivity contribution in [3.8, 4) is 11.1 Å². The summed E-state index contributed by atoms with van der Waals surface area (Å²) in [6, 6.07) is 23.9. The van der Waals surface area contributed by atoms with Crippen molar-refractivity contribution in [2.24, 2.45) is 0 Å². The zero-order valence-electron chi connectivity index (χ0n) is 19.2. The number of piperazine rings is 1. The Bertz CT molecular complexity index is 1180. The van der Waals surface area contributed by atoms with Gasteiger partial charge in [0.25, 0.3) is 5.91 Å². The second-order valence-electron chi connectivity index (χ2n) is 9.15. The Morgan fingerprint density at radius 3 is 2.00 bits per heavy atom. The number of carbonyl (C=O) groups is 2. The van der Waals surface area contributed by atoms with Crippen molar-refractivity contribution in [2.75, 3.05) is 32.5 Å². The van der Waals surface area contributed by atoms with Crippen molar-refractivity contribution in [1.82, 2.24) is 15.1 Å². The fraction of sp³-hybridized carbons (Fsp3) is 0.259. The van der Waals surface area contributed by atoms with E-state index in [0.29, 0.717) is 29.6 Å². The molecule has 0 saturated carbocycles. The van der Waals surface area contributed by atoms with Gasteiger partial charge in [-0.05, 0) is 53.1 Å². The number of fused-ring (bicyclic) bond motifs is 2. The minimum Gasteiger partial charge on any atom is -0.345 e. The van der Waals surface area contributed by atoms with Gasteiger partial charge < -0.3 is 20.4 Å². The topological polar surface area (TPSA) is 64.7 Å². The molecule has 2 bridgehead atoms. The molecule has 3 atom stereocenters. The first-order valence-corrected chi connectivity index (χ1v) is 11.8. The lowest BCUT2D eigenvalue weighted by Gasteiger charge is -2.54. The molecule has 3 aromatic rings. The second-order valence-corrected chi connectivity index (χ2v) is 9.58. The molecule has 7 heteroatoms. The number of rotatable bonds is 4. The van der Waals surface area contributed by atoms with Crippen molar-refractivity contribution in [3.05, 3.63) is 88.9 Å². The first-order chi connectivity index (χ1) is 16.4. The van der Waals surface area contributed by atoms with E-state index in [1.54, 1.807) is 43.3 Å². The summed E-state index contributed by atoms with van der Waals surface area (Å²) >= 11 is 5.92. The number of nitrogens with one attached hydrogen (secondary N) is 2. The quantitative estimate of drug-likeness (QED) is 0.577. The highest BCUT2D eigenvalue weighted by molar-refractivity contribution is 6.30. The van der Waals surface area contributed by atoms with Gasteiger partial charge in [0.1, 0.15) is 0 Å². The SMILES string of the molecule is CN(C)C(=O)c1ccc(-c2ccc(C3[C@@H]4CN(C(=O)Nc5ccc(Cl)cc5)C[C@H]3N4)cc2)cc1. The van der Waals surface area contributed by atoms with Crippen LogP contribution >= 0.6 is 11.6 Å². The number of halogens is 1. The van der Waals surface area contributed by atoms with Crippen LogP contribution in [-0.4, -0.2) is 61.0 Å². The summed E-state index contributed by atoms with van der Waals surface area (Å²) in [4.78, 5) is 28.3. The van der Waals surface area contributed by atoms with E-state index in [1.807, 2.05) is 29.2 Å². The summed E-state index contributed by atoms with van der Waals surface area (Å²) < 4.78 is 0. The van der Waals surface area contributed by atoms with Gasteiger partial charge in [-0.25, -0.2) is 4.79 Å². The molecule has 3 amide bonds. The zero-order chi connectivity index (χ0) is 23.8. The number of amides is 3. The number of urea groups is 1. The van der Waals surface area contributed by atoms with Gasteiger partial charge in [0.05, 0.1) is 0 Å². The van der Waals surface area contributed by atoms with Gasteiger partial charge in [-0.3, -0.25) is 4.79 Å². The maximum atomic E-state index is 12.7. The fourth-order valence-electron chi connectivity index (χ4n) is 4.85. The van der Waals surface area contributed by atoms with Crippen molar-refractivity contribution in [1.29, 1.82) is 0 Å². The van der Waals surface area contributed by atoms with Crippen molar-refractivity contribution in [3.63, 3.8) is 0 Å². The Kier molecular flexibility index (Phi) is 6.02. The molecule has 3 fully saturated rings. The van der Waals surface area contributed by atoms with Crippen molar-refractivity contribution >= 4 is 29.2 Å². The average Bonchev–Trinajstić information content (AvgIpc) is 2.85. The molecule has 0 spiro atoms. The number of hydrogen-bond donors (Lipinski definition) is 2. The Hall–Kier alpha value is -3.35. The third-order valence-electron chi connectivity index (χ3n) is 6.68. The summed E-state index contributed by atoms with van der Waals surface area (Å²) in [5.41, 5.74) is 4.92. The van der Waals surface area contributed by atoms with Crippen LogP contribution in [0.2, 0.25) is 5.02 Å². The lowest BCUT2D eigenvalue weighted by atomic mass is 9.74. The van der Waals surface area contributed by atoms with Crippen LogP contribution in [0.3, 0.4) is 0 Å². The van der Waals surface area contributed by atoms with E-state index in [2.05, 4.69) is 34.9 Å². The third-order valence-corrected chi connectivity index (χ3v) is 6.93. The smallest absolute Gasteiger partial charge is 0.321 e. The Morgan fingerprint density at radius 1 is 0.882 bits per heavy atom. The van der Waals surface area contributed by atoms with Crippen LogP contribution in [0.1, 0.15) is 21.8 Å². The molecule has 3 aromatic carbocycles. The molecule has 3 aliphatic rings. The lowest BCUT2D eigenvalue weighted by molar-refractivity contribution is 0.0759. The predicted octanol–water partition coefficient (Wildman–Crippen LogP) is 4.68. The van der Waals surface area contributed by atoms with Crippen LogP contribution in [0.15, 0.2) is 72.8 Å². The highest BCUT2D eigenvalue weighted by Crippen LogP contribution is 2.37. The van der Waals surface area contributed by atoms with Crippen LogP contribution in [-0.2, 0) is 0 Å². The first kappa shape index (κ1) is 22.4. The summed E-state index contributed by atoms with van der Waals surface area (Å²) in [5.74, 6) is 0.399. The average molecular weight is 475 g/mol. The van der Waals surface area contributed by atoms with Crippen LogP contribution in [0.5, 0.6) is 0 Å². The number of anilines is 1. The Morgan fingerprint density at radius 2 is 1.44 bits per heavy atom. The van der Waals surface area contributed by atoms with Gasteiger partial charge in [0.15, 0.2) is 0 Å². The van der Waals surface area contributed by atoms with E-state index in [0.717, 1.165) is 16.8 Å². The molecular weight excluding hydrogens is 448 g/mol. The van der Waals surface area contributed by atoms with Crippen LogP contribution in [0, 0.1) is 0 Å². The maximum Gasteiger partial charge on any atom is 0.321 e. The summed E-state index contributed by atoms with van der Waals surface area (Å²) in [5, 5.41) is 7.18. The van der Waals surface area contributed by atoms with E-state index >= 15 is 0 Å². The molecule has 2 N–H and O–H groups in total. The molecule has 6 rings (SSSR count). The molecule has 0 radical (unpaired) electrons. The standard InChI is InChI=1S/C27H27ClN4O2/c1-31(2)26(33)20-9-5-18(6-10-20)17-3-7-19(8-4-17)25-23-15-32(16-24(25)30-23)27(34)29-22-13-11-21(28)12-14-22/h3-14,23-25,30H,15-16H2,1-2H3,(H,29,34)/t23-,24+,25?.